The third kappa shape index (κ3) is 1.98. The molecule has 2 fully saturated rings. The summed E-state index contributed by atoms with van der Waals surface area (Å²) in [6, 6.07) is -0.201. The lowest BCUT2D eigenvalue weighted by atomic mass is 10.00. The molecule has 15 heavy (non-hydrogen) atoms. The number of carbonyl (C=O) groups excluding carboxylic acids is 2. The summed E-state index contributed by atoms with van der Waals surface area (Å²) in [4.78, 5) is 27.0. The van der Waals surface area contributed by atoms with Gasteiger partial charge in [-0.15, -0.1) is 0 Å². The van der Waals surface area contributed by atoms with Crippen molar-refractivity contribution in [1.82, 2.24) is 9.80 Å². The van der Waals surface area contributed by atoms with Crippen molar-refractivity contribution in [3.05, 3.63) is 6.42 Å². The summed E-state index contributed by atoms with van der Waals surface area (Å²) in [7, 11) is 1.81. The van der Waals surface area contributed by atoms with E-state index >= 15 is 0 Å². The van der Waals surface area contributed by atoms with E-state index in [1.807, 2.05) is 7.05 Å². The average molecular weight is 209 g/mol. The number of likely N-dealkylation sites (tertiary alicyclic amines) is 2. The minimum Gasteiger partial charge on any atom is -0.344 e. The van der Waals surface area contributed by atoms with Crippen LogP contribution in [-0.2, 0) is 9.59 Å². The van der Waals surface area contributed by atoms with Crippen LogP contribution in [0.2, 0.25) is 0 Å². The van der Waals surface area contributed by atoms with Gasteiger partial charge in [-0.1, -0.05) is 0 Å². The SMILES string of the molecule is CN1CCCC(N2C[CH]CCC2=O)C1=O. The van der Waals surface area contributed by atoms with Gasteiger partial charge in [0.15, 0.2) is 0 Å². The third-order valence-electron chi connectivity index (χ3n) is 3.22. The Hall–Kier alpha value is -1.06. The molecular weight excluding hydrogens is 192 g/mol. The molecule has 0 spiro atoms. The van der Waals surface area contributed by atoms with Crippen molar-refractivity contribution >= 4 is 11.8 Å². The van der Waals surface area contributed by atoms with Crippen LogP contribution in [0.4, 0.5) is 0 Å². The summed E-state index contributed by atoms with van der Waals surface area (Å²) in [6.07, 6.45) is 5.32. The fourth-order valence-electron chi connectivity index (χ4n) is 2.30. The fraction of sp³-hybridized carbons (Fsp3) is 0.727. The Labute approximate surface area is 90.2 Å². The van der Waals surface area contributed by atoms with Crippen molar-refractivity contribution in [2.75, 3.05) is 20.1 Å². The Bertz CT molecular complexity index is 278. The molecule has 0 bridgehead atoms. The van der Waals surface area contributed by atoms with E-state index in [0.717, 1.165) is 25.8 Å². The highest BCUT2D eigenvalue weighted by Gasteiger charge is 2.34. The standard InChI is InChI=1S/C11H17N2O2/c1-12-7-4-5-9(11(12)15)13-8-3-2-6-10(13)14/h3,9H,2,4-8H2,1H3. The van der Waals surface area contributed by atoms with Crippen LogP contribution < -0.4 is 0 Å². The predicted octanol–water partition coefficient (Wildman–Crippen LogP) is 0.434. The summed E-state index contributed by atoms with van der Waals surface area (Å²) in [5, 5.41) is 0. The summed E-state index contributed by atoms with van der Waals surface area (Å²) in [5.41, 5.74) is 0. The number of nitrogens with zero attached hydrogens (tertiary/aromatic N) is 2. The van der Waals surface area contributed by atoms with Crippen LogP contribution in [0.15, 0.2) is 0 Å². The largest absolute Gasteiger partial charge is 0.344 e. The van der Waals surface area contributed by atoms with E-state index < -0.39 is 0 Å². The number of likely N-dealkylation sites (N-methyl/N-ethyl adjacent to an activating group) is 1. The number of amides is 2. The molecule has 2 aliphatic heterocycles. The summed E-state index contributed by atoms with van der Waals surface area (Å²) in [5.74, 6) is 0.232. The Morgan fingerprint density at radius 1 is 1.40 bits per heavy atom. The van der Waals surface area contributed by atoms with Gasteiger partial charge in [-0.2, -0.15) is 0 Å². The highest BCUT2D eigenvalue weighted by atomic mass is 16.2. The Kier molecular flexibility index (Phi) is 2.93. The Balaban J connectivity index is 2.07. The van der Waals surface area contributed by atoms with Gasteiger partial charge in [0.2, 0.25) is 11.8 Å². The molecule has 4 heteroatoms. The van der Waals surface area contributed by atoms with Gasteiger partial charge >= 0.3 is 0 Å². The highest BCUT2D eigenvalue weighted by molar-refractivity contribution is 5.88. The lowest BCUT2D eigenvalue weighted by molar-refractivity contribution is -0.148. The maximum absolute atomic E-state index is 11.9. The van der Waals surface area contributed by atoms with Gasteiger partial charge in [0, 0.05) is 26.6 Å². The first-order valence-electron chi connectivity index (χ1n) is 5.56. The van der Waals surface area contributed by atoms with Crippen molar-refractivity contribution in [2.45, 2.75) is 31.7 Å². The monoisotopic (exact) mass is 209 g/mol. The molecule has 4 nitrogen and oxygen atoms in total. The van der Waals surface area contributed by atoms with Crippen molar-refractivity contribution in [2.24, 2.45) is 0 Å². The first-order chi connectivity index (χ1) is 7.20. The molecular formula is C11H17N2O2. The molecule has 0 saturated carbocycles. The molecule has 1 radical (unpaired) electrons. The normalized spacial score (nSPS) is 28.5. The molecule has 0 N–H and O–H groups in total. The average Bonchev–Trinajstić information content (AvgIpc) is 2.23. The zero-order valence-corrected chi connectivity index (χ0v) is 9.11. The third-order valence-corrected chi connectivity index (χ3v) is 3.22. The molecule has 2 heterocycles. The topological polar surface area (TPSA) is 40.6 Å². The minimum atomic E-state index is -0.201. The molecule has 2 saturated heterocycles. The molecule has 1 unspecified atom stereocenters. The van der Waals surface area contributed by atoms with Gasteiger partial charge in [-0.25, -0.2) is 0 Å². The Morgan fingerprint density at radius 3 is 2.93 bits per heavy atom. The Morgan fingerprint density at radius 2 is 2.20 bits per heavy atom. The van der Waals surface area contributed by atoms with Gasteiger partial charge in [0.1, 0.15) is 6.04 Å². The van der Waals surface area contributed by atoms with Gasteiger partial charge in [-0.3, -0.25) is 9.59 Å². The quantitative estimate of drug-likeness (QED) is 0.628. The van der Waals surface area contributed by atoms with E-state index in [4.69, 9.17) is 0 Å². The van der Waals surface area contributed by atoms with Crippen LogP contribution in [0, 0.1) is 6.42 Å². The van der Waals surface area contributed by atoms with E-state index in [1.165, 1.54) is 0 Å². The first kappa shape index (κ1) is 10.5. The van der Waals surface area contributed by atoms with Crippen LogP contribution in [0.3, 0.4) is 0 Å². The smallest absolute Gasteiger partial charge is 0.245 e. The number of rotatable bonds is 1. The van der Waals surface area contributed by atoms with E-state index in [0.29, 0.717) is 13.0 Å². The van der Waals surface area contributed by atoms with Crippen LogP contribution in [-0.4, -0.2) is 47.8 Å². The molecule has 1 atom stereocenters. The molecule has 0 aromatic rings. The van der Waals surface area contributed by atoms with Crippen LogP contribution in [0.25, 0.3) is 0 Å². The van der Waals surface area contributed by atoms with Crippen LogP contribution >= 0.6 is 0 Å². The zero-order valence-electron chi connectivity index (χ0n) is 9.11. The van der Waals surface area contributed by atoms with Crippen molar-refractivity contribution < 1.29 is 9.59 Å². The number of piperidine rings is 2. The van der Waals surface area contributed by atoms with Crippen molar-refractivity contribution in [3.8, 4) is 0 Å². The summed E-state index contributed by atoms with van der Waals surface area (Å²) in [6.45, 7) is 1.46. The summed E-state index contributed by atoms with van der Waals surface area (Å²) >= 11 is 0. The van der Waals surface area contributed by atoms with Crippen LogP contribution in [0.5, 0.6) is 0 Å². The van der Waals surface area contributed by atoms with E-state index in [1.54, 1.807) is 9.80 Å². The maximum atomic E-state index is 11.9. The molecule has 83 valence electrons. The zero-order chi connectivity index (χ0) is 10.8. The van der Waals surface area contributed by atoms with Gasteiger partial charge < -0.3 is 9.80 Å². The minimum absolute atomic E-state index is 0.102. The molecule has 2 aliphatic rings. The molecule has 0 aromatic carbocycles. The first-order valence-corrected chi connectivity index (χ1v) is 5.56. The number of hydrogen-bond acceptors (Lipinski definition) is 2. The molecule has 2 rings (SSSR count). The van der Waals surface area contributed by atoms with Gasteiger partial charge in [0.05, 0.1) is 0 Å². The van der Waals surface area contributed by atoms with E-state index in [9.17, 15) is 9.59 Å². The summed E-state index contributed by atoms with van der Waals surface area (Å²) < 4.78 is 0. The molecule has 0 aromatic heterocycles. The predicted molar refractivity (Wildman–Crippen MR) is 55.9 cm³/mol. The van der Waals surface area contributed by atoms with Crippen molar-refractivity contribution in [1.29, 1.82) is 0 Å². The lowest BCUT2D eigenvalue weighted by Gasteiger charge is -2.38. The highest BCUT2D eigenvalue weighted by Crippen LogP contribution is 2.20. The molecule has 2 amide bonds. The number of carbonyl (C=O) groups is 2. The van der Waals surface area contributed by atoms with Crippen molar-refractivity contribution in [3.63, 3.8) is 0 Å². The fourth-order valence-corrected chi connectivity index (χ4v) is 2.30. The van der Waals surface area contributed by atoms with Gasteiger partial charge in [-0.05, 0) is 25.7 Å². The lowest BCUT2D eigenvalue weighted by Crippen LogP contribution is -2.54. The van der Waals surface area contributed by atoms with E-state index in [-0.39, 0.29) is 17.9 Å². The number of hydrogen-bond donors (Lipinski definition) is 0. The second-order valence-corrected chi connectivity index (χ2v) is 4.29. The molecule has 0 aliphatic carbocycles. The second-order valence-electron chi connectivity index (χ2n) is 4.29. The second kappa shape index (κ2) is 4.21. The van der Waals surface area contributed by atoms with Gasteiger partial charge in [0.25, 0.3) is 0 Å². The van der Waals surface area contributed by atoms with Crippen LogP contribution in [0.1, 0.15) is 25.7 Å². The van der Waals surface area contributed by atoms with E-state index in [2.05, 4.69) is 6.42 Å². The maximum Gasteiger partial charge on any atom is 0.245 e.